The smallest absolute Gasteiger partial charge is 0.281 e. The van der Waals surface area contributed by atoms with Crippen LogP contribution in [0.1, 0.15) is 10.4 Å². The summed E-state index contributed by atoms with van der Waals surface area (Å²) in [5.74, 6) is -0.0167. The second-order valence-electron chi connectivity index (χ2n) is 4.15. The van der Waals surface area contributed by atoms with E-state index in [1.165, 1.54) is 11.3 Å². The molecule has 0 unspecified atom stereocenters. The maximum atomic E-state index is 12.2. The zero-order chi connectivity index (χ0) is 15.2. The van der Waals surface area contributed by atoms with Crippen LogP contribution in [0.25, 0.3) is 11.6 Å². The van der Waals surface area contributed by atoms with E-state index in [4.69, 9.17) is 16.2 Å². The maximum absolute atomic E-state index is 12.2. The molecule has 0 saturated heterocycles. The zero-order valence-corrected chi connectivity index (χ0v) is 12.3. The Morgan fingerprint density at radius 3 is 2.71 bits per heavy atom. The van der Waals surface area contributed by atoms with Crippen molar-refractivity contribution in [2.75, 3.05) is 7.11 Å². The van der Waals surface area contributed by atoms with E-state index in [0.717, 1.165) is 10.4 Å². The third-order valence-corrected chi connectivity index (χ3v) is 3.56. The Labute approximate surface area is 126 Å². The minimum atomic E-state index is -0.472. The summed E-state index contributed by atoms with van der Waals surface area (Å²) in [6, 6.07) is 11.1. The molecular weight excluding hydrogens is 286 g/mol. The maximum Gasteiger partial charge on any atom is 0.281 e. The molecule has 0 spiro atoms. The molecule has 1 aromatic carbocycles. The molecule has 0 aliphatic heterocycles. The lowest BCUT2D eigenvalue weighted by Gasteiger charge is -2.04. The molecule has 0 aliphatic carbocycles. The third-order valence-electron chi connectivity index (χ3n) is 2.65. The standard InChI is InChI=1S/C15H15N3O2S/c1-20-11-5-2-4-10(8-11)9-12(13-6-3-7-21-13)14(19)18-15(16)17/h2-9H,1H3,(H4,16,17,18,19)/b12-9-. The van der Waals surface area contributed by atoms with Crippen LogP contribution < -0.4 is 16.2 Å². The molecule has 0 fully saturated rings. The lowest BCUT2D eigenvalue weighted by Crippen LogP contribution is -2.24. The number of aliphatic imine (C=N–C) groups is 1. The lowest BCUT2D eigenvalue weighted by molar-refractivity contribution is -0.112. The first-order valence-corrected chi connectivity index (χ1v) is 7.01. The average Bonchev–Trinajstić information content (AvgIpc) is 2.98. The zero-order valence-electron chi connectivity index (χ0n) is 11.4. The fourth-order valence-electron chi connectivity index (χ4n) is 1.75. The number of rotatable bonds is 4. The number of nitrogens with two attached hydrogens (primary N) is 2. The molecule has 6 heteroatoms. The molecule has 0 saturated carbocycles. The van der Waals surface area contributed by atoms with E-state index in [1.807, 2.05) is 41.8 Å². The number of hydrogen-bond acceptors (Lipinski definition) is 3. The van der Waals surface area contributed by atoms with Gasteiger partial charge in [-0.2, -0.15) is 4.99 Å². The van der Waals surface area contributed by atoms with Gasteiger partial charge in [-0.15, -0.1) is 11.3 Å². The number of methoxy groups -OCH3 is 1. The summed E-state index contributed by atoms with van der Waals surface area (Å²) in [6.07, 6.45) is 1.74. The number of carbonyl (C=O) groups is 1. The van der Waals surface area contributed by atoms with Crippen LogP contribution in [-0.4, -0.2) is 19.0 Å². The molecule has 0 aliphatic rings. The quantitative estimate of drug-likeness (QED) is 0.514. The van der Waals surface area contributed by atoms with E-state index in [0.29, 0.717) is 11.3 Å². The summed E-state index contributed by atoms with van der Waals surface area (Å²) in [5, 5.41) is 1.89. The van der Waals surface area contributed by atoms with Crippen LogP contribution in [-0.2, 0) is 4.79 Å². The highest BCUT2D eigenvalue weighted by Gasteiger charge is 2.13. The SMILES string of the molecule is COc1cccc(/C=C(\C(=O)N=C(N)N)c2cccs2)c1. The topological polar surface area (TPSA) is 90.7 Å². The lowest BCUT2D eigenvalue weighted by atomic mass is 10.1. The second kappa shape index (κ2) is 6.71. The summed E-state index contributed by atoms with van der Waals surface area (Å²) in [5.41, 5.74) is 11.8. The fourth-order valence-corrected chi connectivity index (χ4v) is 2.48. The number of guanidine groups is 1. The Morgan fingerprint density at radius 2 is 2.10 bits per heavy atom. The Bertz CT molecular complexity index is 687. The highest BCUT2D eigenvalue weighted by Crippen LogP contribution is 2.25. The molecule has 21 heavy (non-hydrogen) atoms. The minimum Gasteiger partial charge on any atom is -0.497 e. The molecule has 2 aromatic rings. The molecule has 2 rings (SSSR count). The van der Waals surface area contributed by atoms with Crippen molar-refractivity contribution in [1.29, 1.82) is 0 Å². The second-order valence-corrected chi connectivity index (χ2v) is 5.10. The van der Waals surface area contributed by atoms with Crippen molar-refractivity contribution < 1.29 is 9.53 Å². The van der Waals surface area contributed by atoms with Gasteiger partial charge in [-0.25, -0.2) is 0 Å². The van der Waals surface area contributed by atoms with Crippen molar-refractivity contribution >= 4 is 34.9 Å². The van der Waals surface area contributed by atoms with Crippen molar-refractivity contribution in [1.82, 2.24) is 0 Å². The van der Waals surface area contributed by atoms with Gasteiger partial charge in [-0.3, -0.25) is 4.79 Å². The normalized spacial score (nSPS) is 11.0. The van der Waals surface area contributed by atoms with Crippen LogP contribution >= 0.6 is 11.3 Å². The summed E-state index contributed by atoms with van der Waals surface area (Å²) >= 11 is 1.44. The van der Waals surface area contributed by atoms with Gasteiger partial charge in [0.15, 0.2) is 5.96 Å². The van der Waals surface area contributed by atoms with Crippen molar-refractivity contribution in [3.8, 4) is 5.75 Å². The highest BCUT2D eigenvalue weighted by molar-refractivity contribution is 7.11. The van der Waals surface area contributed by atoms with Crippen LogP contribution in [0.15, 0.2) is 46.8 Å². The number of amides is 1. The minimum absolute atomic E-state index is 0.256. The van der Waals surface area contributed by atoms with E-state index in [1.54, 1.807) is 13.2 Å². The first-order valence-electron chi connectivity index (χ1n) is 6.13. The first kappa shape index (κ1) is 14.8. The van der Waals surface area contributed by atoms with Crippen molar-refractivity contribution in [3.63, 3.8) is 0 Å². The molecule has 1 heterocycles. The summed E-state index contributed by atoms with van der Waals surface area (Å²) < 4.78 is 5.17. The molecule has 0 atom stereocenters. The summed E-state index contributed by atoms with van der Waals surface area (Å²) in [4.78, 5) is 16.6. The molecule has 4 N–H and O–H groups in total. The molecular formula is C15H15N3O2S. The van der Waals surface area contributed by atoms with Crippen molar-refractivity contribution in [2.24, 2.45) is 16.5 Å². The summed E-state index contributed by atoms with van der Waals surface area (Å²) in [6.45, 7) is 0. The number of nitrogens with zero attached hydrogens (tertiary/aromatic N) is 1. The van der Waals surface area contributed by atoms with Crippen LogP contribution in [0, 0.1) is 0 Å². The van der Waals surface area contributed by atoms with Gasteiger partial charge in [0.1, 0.15) is 5.75 Å². The molecule has 1 aromatic heterocycles. The van der Waals surface area contributed by atoms with Gasteiger partial charge in [-0.1, -0.05) is 18.2 Å². The molecule has 5 nitrogen and oxygen atoms in total. The molecule has 0 bridgehead atoms. The highest BCUT2D eigenvalue weighted by atomic mass is 32.1. The van der Waals surface area contributed by atoms with Gasteiger partial charge in [0.25, 0.3) is 5.91 Å². The van der Waals surface area contributed by atoms with Crippen LogP contribution in [0.5, 0.6) is 5.75 Å². The van der Waals surface area contributed by atoms with Crippen LogP contribution in [0.3, 0.4) is 0 Å². The Hall–Kier alpha value is -2.60. The molecule has 0 radical (unpaired) electrons. The van der Waals surface area contributed by atoms with E-state index in [-0.39, 0.29) is 5.96 Å². The van der Waals surface area contributed by atoms with Gasteiger partial charge >= 0.3 is 0 Å². The third kappa shape index (κ3) is 3.93. The van der Waals surface area contributed by atoms with Gasteiger partial charge in [0, 0.05) is 4.88 Å². The number of hydrogen-bond donors (Lipinski definition) is 2. The Morgan fingerprint density at radius 1 is 1.29 bits per heavy atom. The average molecular weight is 301 g/mol. The van der Waals surface area contributed by atoms with Crippen LogP contribution in [0.2, 0.25) is 0 Å². The number of thiophene rings is 1. The predicted octanol–water partition coefficient (Wildman–Crippen LogP) is 2.10. The Balaban J connectivity index is 2.46. The van der Waals surface area contributed by atoms with Gasteiger partial charge in [0.2, 0.25) is 0 Å². The number of carbonyl (C=O) groups excluding carboxylic acids is 1. The van der Waals surface area contributed by atoms with Gasteiger partial charge in [0.05, 0.1) is 12.7 Å². The number of benzene rings is 1. The van der Waals surface area contributed by atoms with E-state index >= 15 is 0 Å². The van der Waals surface area contributed by atoms with E-state index in [9.17, 15) is 4.79 Å². The fraction of sp³-hybridized carbons (Fsp3) is 0.0667. The largest absolute Gasteiger partial charge is 0.497 e. The van der Waals surface area contributed by atoms with Crippen molar-refractivity contribution in [2.45, 2.75) is 0 Å². The van der Waals surface area contributed by atoms with Crippen molar-refractivity contribution in [3.05, 3.63) is 52.2 Å². The van der Waals surface area contributed by atoms with E-state index in [2.05, 4.69) is 4.99 Å². The summed E-state index contributed by atoms with van der Waals surface area (Å²) in [7, 11) is 1.59. The van der Waals surface area contributed by atoms with Crippen LogP contribution in [0.4, 0.5) is 0 Å². The molecule has 108 valence electrons. The van der Waals surface area contributed by atoms with Gasteiger partial charge in [-0.05, 0) is 35.2 Å². The monoisotopic (exact) mass is 301 g/mol. The first-order chi connectivity index (χ1) is 10.1. The number of ether oxygens (including phenoxy) is 1. The molecule has 1 amide bonds. The Kier molecular flexibility index (Phi) is 4.73. The van der Waals surface area contributed by atoms with E-state index < -0.39 is 5.91 Å². The van der Waals surface area contributed by atoms with Gasteiger partial charge < -0.3 is 16.2 Å². The predicted molar refractivity (Wildman–Crippen MR) is 86.0 cm³/mol.